The molecule has 7 heteroatoms. The maximum Gasteiger partial charge on any atom is 0.254 e. The number of nitrogens with one attached hydrogen (secondary N) is 1. The number of aromatic nitrogens is 1. The van der Waals surface area contributed by atoms with Crippen LogP contribution in [0.4, 0.5) is 0 Å². The number of allylic oxidation sites excluding steroid dienone is 2. The molecule has 210 valence electrons. The van der Waals surface area contributed by atoms with Gasteiger partial charge in [-0.15, -0.1) is 0 Å². The Hall–Kier alpha value is -2.69. The molecular weight excluding hydrogens is 490 g/mol. The highest BCUT2D eigenvalue weighted by atomic mass is 16.5. The van der Waals surface area contributed by atoms with Gasteiger partial charge in [0.15, 0.2) is 5.78 Å². The van der Waals surface area contributed by atoms with Gasteiger partial charge in [-0.3, -0.25) is 9.59 Å². The summed E-state index contributed by atoms with van der Waals surface area (Å²) in [6, 6.07) is 2.31. The van der Waals surface area contributed by atoms with Crippen LogP contribution in [-0.2, 0) is 4.74 Å². The second kappa shape index (κ2) is 10.7. The molecule has 3 fully saturated rings. The third kappa shape index (κ3) is 5.51. The fourth-order valence-electron chi connectivity index (χ4n) is 6.65. The summed E-state index contributed by atoms with van der Waals surface area (Å²) < 4.78 is 7.25. The summed E-state index contributed by atoms with van der Waals surface area (Å²) in [5.74, 6) is -0.185. The molecule has 1 aromatic rings. The molecule has 1 aliphatic heterocycles. The first kappa shape index (κ1) is 27.9. The predicted molar refractivity (Wildman–Crippen MR) is 150 cm³/mol. The number of hydrogen-bond acceptors (Lipinski definition) is 5. The van der Waals surface area contributed by atoms with Gasteiger partial charge in [0, 0.05) is 30.9 Å². The van der Waals surface area contributed by atoms with Crippen molar-refractivity contribution in [2.45, 2.75) is 104 Å². The Balaban J connectivity index is 1.64. The molecule has 1 atom stereocenters. The van der Waals surface area contributed by atoms with E-state index in [1.165, 1.54) is 0 Å². The van der Waals surface area contributed by atoms with Crippen LogP contribution >= 0.6 is 0 Å². The monoisotopic (exact) mass is 533 g/mol. The van der Waals surface area contributed by atoms with Crippen molar-refractivity contribution in [2.75, 3.05) is 13.2 Å². The van der Waals surface area contributed by atoms with E-state index in [0.29, 0.717) is 36.5 Å². The summed E-state index contributed by atoms with van der Waals surface area (Å²) in [5.41, 5.74) is 2.26. The highest BCUT2D eigenvalue weighted by Crippen LogP contribution is 2.56. The molecule has 2 saturated carbocycles. The van der Waals surface area contributed by atoms with Crippen LogP contribution in [0.2, 0.25) is 0 Å². The highest BCUT2D eigenvalue weighted by molar-refractivity contribution is 6.06. The summed E-state index contributed by atoms with van der Waals surface area (Å²) in [5, 5.41) is 24.7. The topological polar surface area (TPSA) is 104 Å². The molecule has 0 spiro atoms. The molecule has 5 rings (SSSR count). The van der Waals surface area contributed by atoms with Crippen molar-refractivity contribution in [2.24, 2.45) is 17.3 Å². The second-order valence-corrected chi connectivity index (χ2v) is 13.0. The van der Waals surface area contributed by atoms with Crippen LogP contribution in [0.3, 0.4) is 0 Å². The third-order valence-electron chi connectivity index (χ3n) is 9.57. The first-order chi connectivity index (χ1) is 18.5. The number of nitriles is 1. The highest BCUT2D eigenvalue weighted by Gasteiger charge is 2.46. The molecule has 4 aliphatic rings. The van der Waals surface area contributed by atoms with Gasteiger partial charge in [0.1, 0.15) is 11.8 Å². The van der Waals surface area contributed by atoms with Gasteiger partial charge in [0.25, 0.3) is 5.91 Å². The van der Waals surface area contributed by atoms with Gasteiger partial charge >= 0.3 is 0 Å². The van der Waals surface area contributed by atoms with Crippen LogP contribution in [0.1, 0.15) is 117 Å². The van der Waals surface area contributed by atoms with E-state index < -0.39 is 5.60 Å². The Morgan fingerprint density at radius 3 is 2.41 bits per heavy atom. The van der Waals surface area contributed by atoms with Crippen LogP contribution in [0.5, 0.6) is 0 Å². The lowest BCUT2D eigenvalue weighted by Crippen LogP contribution is -2.39. The van der Waals surface area contributed by atoms with E-state index in [1.807, 2.05) is 13.0 Å². The summed E-state index contributed by atoms with van der Waals surface area (Å²) in [6.07, 6.45) is 13.3. The molecule has 1 unspecified atom stereocenters. The normalized spacial score (nSPS) is 23.9. The van der Waals surface area contributed by atoms with Crippen molar-refractivity contribution >= 4 is 17.4 Å². The molecule has 2 heterocycles. The van der Waals surface area contributed by atoms with E-state index in [4.69, 9.17) is 4.74 Å². The van der Waals surface area contributed by atoms with Crippen LogP contribution in [0.15, 0.2) is 17.7 Å². The van der Waals surface area contributed by atoms with Crippen LogP contribution in [0, 0.1) is 35.5 Å². The quantitative estimate of drug-likeness (QED) is 0.438. The van der Waals surface area contributed by atoms with Crippen LogP contribution < -0.4 is 5.32 Å². The zero-order valence-electron chi connectivity index (χ0n) is 23.9. The van der Waals surface area contributed by atoms with E-state index in [0.717, 1.165) is 69.1 Å². The zero-order chi connectivity index (χ0) is 27.9. The molecule has 0 radical (unpaired) electrons. The standard InChI is InChI=1S/C32H43N3O4/c1-20-27(30(37)34-24-10-14-39-15-11-24)26(19-33)35(28(20)29(36)21-8-6-5-7-9-21)25-17-22(31(2,3)38)16-23(18-25)32(4)12-13-32/h16-17,21,23-24,38H,5-15,18H2,1-4H3,(H,34,37). The van der Waals surface area contributed by atoms with Crippen LogP contribution in [-0.4, -0.2) is 46.2 Å². The summed E-state index contributed by atoms with van der Waals surface area (Å²) in [4.78, 5) is 27.9. The van der Waals surface area contributed by atoms with Crippen molar-refractivity contribution in [3.63, 3.8) is 0 Å². The number of aliphatic hydroxyl groups is 1. The number of hydrogen-bond donors (Lipinski definition) is 2. The van der Waals surface area contributed by atoms with Crippen molar-refractivity contribution in [3.05, 3.63) is 40.2 Å². The number of Topliss-reactive ketones (excluding diaryl/α,β-unsaturated/α-hetero) is 1. The molecule has 3 aliphatic carbocycles. The molecule has 0 bridgehead atoms. The summed E-state index contributed by atoms with van der Waals surface area (Å²) >= 11 is 0. The maximum absolute atomic E-state index is 14.2. The van der Waals surface area contributed by atoms with Gasteiger partial charge in [0.05, 0.1) is 16.9 Å². The Morgan fingerprint density at radius 2 is 1.82 bits per heavy atom. The van der Waals surface area contributed by atoms with E-state index in [-0.39, 0.29) is 40.7 Å². The van der Waals surface area contributed by atoms with E-state index >= 15 is 0 Å². The lowest BCUT2D eigenvalue weighted by atomic mass is 9.78. The van der Waals surface area contributed by atoms with E-state index in [1.54, 1.807) is 18.4 Å². The third-order valence-corrected chi connectivity index (χ3v) is 9.57. The van der Waals surface area contributed by atoms with Gasteiger partial charge in [-0.2, -0.15) is 5.26 Å². The SMILES string of the molecule is Cc1c(C(=O)NC2CCOCC2)c(C#N)n(C2=CC(C(C)(C)O)=CC(C3(C)CC3)C2)c1C(=O)C1CCCCC1. The molecule has 1 aromatic heterocycles. The van der Waals surface area contributed by atoms with Gasteiger partial charge < -0.3 is 19.7 Å². The van der Waals surface area contributed by atoms with Gasteiger partial charge in [-0.25, -0.2) is 0 Å². The smallest absolute Gasteiger partial charge is 0.254 e. The molecular formula is C32H43N3O4. The van der Waals surface area contributed by atoms with Gasteiger partial charge in [-0.1, -0.05) is 32.3 Å². The van der Waals surface area contributed by atoms with Crippen molar-refractivity contribution < 1.29 is 19.4 Å². The number of nitrogens with zero attached hydrogens (tertiary/aromatic N) is 2. The molecule has 2 N–H and O–H groups in total. The van der Waals surface area contributed by atoms with Gasteiger partial charge in [-0.05, 0) is 94.3 Å². The average molecular weight is 534 g/mol. The van der Waals surface area contributed by atoms with Crippen molar-refractivity contribution in [1.29, 1.82) is 5.26 Å². The minimum Gasteiger partial charge on any atom is -0.386 e. The predicted octanol–water partition coefficient (Wildman–Crippen LogP) is 5.70. The van der Waals surface area contributed by atoms with Crippen LogP contribution in [0.25, 0.3) is 5.70 Å². The molecule has 7 nitrogen and oxygen atoms in total. The second-order valence-electron chi connectivity index (χ2n) is 13.0. The first-order valence-corrected chi connectivity index (χ1v) is 14.8. The Bertz CT molecular complexity index is 1240. The minimum atomic E-state index is -1.07. The van der Waals surface area contributed by atoms with E-state index in [2.05, 4.69) is 24.4 Å². The molecule has 1 amide bonds. The van der Waals surface area contributed by atoms with Gasteiger partial charge in [0.2, 0.25) is 0 Å². The van der Waals surface area contributed by atoms with E-state index in [9.17, 15) is 20.0 Å². The molecule has 1 saturated heterocycles. The van der Waals surface area contributed by atoms with Crippen molar-refractivity contribution in [3.8, 4) is 6.07 Å². The largest absolute Gasteiger partial charge is 0.386 e. The Kier molecular flexibility index (Phi) is 7.65. The molecule has 0 aromatic carbocycles. The summed E-state index contributed by atoms with van der Waals surface area (Å²) in [7, 11) is 0. The number of amides is 1. The first-order valence-electron chi connectivity index (χ1n) is 14.8. The summed E-state index contributed by atoms with van der Waals surface area (Å²) in [6.45, 7) is 8.84. The number of carbonyl (C=O) groups is 2. The Morgan fingerprint density at radius 1 is 1.15 bits per heavy atom. The lowest BCUT2D eigenvalue weighted by Gasteiger charge is -2.32. The Labute approximate surface area is 232 Å². The lowest BCUT2D eigenvalue weighted by molar-refractivity contribution is 0.0696. The number of rotatable bonds is 7. The fourth-order valence-corrected chi connectivity index (χ4v) is 6.65. The number of ketones is 1. The average Bonchev–Trinajstić information content (AvgIpc) is 3.61. The molecule has 39 heavy (non-hydrogen) atoms. The van der Waals surface area contributed by atoms with Crippen molar-refractivity contribution in [1.82, 2.24) is 9.88 Å². The minimum absolute atomic E-state index is 0.0177. The maximum atomic E-state index is 14.2. The fraction of sp³-hybridized carbons (Fsp3) is 0.656. The number of ether oxygens (including phenoxy) is 1. The zero-order valence-corrected chi connectivity index (χ0v) is 23.9. The number of carbonyl (C=O) groups excluding carboxylic acids is 2.